The van der Waals surface area contributed by atoms with E-state index in [-0.39, 0.29) is 0 Å². The highest BCUT2D eigenvalue weighted by Crippen LogP contribution is 2.21. The van der Waals surface area contributed by atoms with Gasteiger partial charge in [0, 0.05) is 11.5 Å². The van der Waals surface area contributed by atoms with E-state index in [4.69, 9.17) is 9.47 Å². The Bertz CT molecular complexity index is 800. The molecule has 1 aromatic heterocycles. The van der Waals surface area contributed by atoms with Crippen LogP contribution in [0.2, 0.25) is 0 Å². The first kappa shape index (κ1) is 16.3. The maximum absolute atomic E-state index is 5.87. The van der Waals surface area contributed by atoms with E-state index >= 15 is 0 Å². The van der Waals surface area contributed by atoms with Crippen molar-refractivity contribution in [3.05, 3.63) is 66.4 Å². The van der Waals surface area contributed by atoms with Crippen molar-refractivity contribution in [1.29, 1.82) is 0 Å². The summed E-state index contributed by atoms with van der Waals surface area (Å²) in [6.07, 6.45) is 1.11. The molecule has 1 atom stereocenters. The molecular weight excluding hydrogens is 298 g/mol. The molecule has 0 radical (unpaired) electrons. The zero-order valence-electron chi connectivity index (χ0n) is 14.2. The average molecular weight is 321 g/mol. The van der Waals surface area contributed by atoms with Gasteiger partial charge in [0.15, 0.2) is 0 Å². The lowest BCUT2D eigenvalue weighted by atomic mass is 10.1. The summed E-state index contributed by atoms with van der Waals surface area (Å²) < 4.78 is 11.7. The Morgan fingerprint density at radius 2 is 1.71 bits per heavy atom. The monoisotopic (exact) mass is 321 g/mol. The number of ether oxygens (including phenoxy) is 2. The van der Waals surface area contributed by atoms with E-state index in [1.165, 1.54) is 0 Å². The normalized spacial score (nSPS) is 12.1. The smallest absolute Gasteiger partial charge is 0.130 e. The molecule has 0 amide bonds. The highest BCUT2D eigenvalue weighted by Gasteiger charge is 2.03. The molecule has 0 fully saturated rings. The first-order valence-corrected chi connectivity index (χ1v) is 8.45. The van der Waals surface area contributed by atoms with Crippen LogP contribution in [0.15, 0.2) is 60.7 Å². The molecule has 2 aromatic carbocycles. The van der Waals surface area contributed by atoms with Crippen LogP contribution in [0.25, 0.3) is 10.9 Å². The molecule has 0 aliphatic rings. The van der Waals surface area contributed by atoms with Crippen LogP contribution in [0.1, 0.15) is 26.0 Å². The Balaban J connectivity index is 1.63. The van der Waals surface area contributed by atoms with Crippen LogP contribution in [0.3, 0.4) is 0 Å². The number of hydrogen-bond acceptors (Lipinski definition) is 3. The number of pyridine rings is 1. The van der Waals surface area contributed by atoms with Crippen LogP contribution in [-0.2, 0) is 6.61 Å². The molecule has 24 heavy (non-hydrogen) atoms. The third kappa shape index (κ3) is 4.25. The molecule has 0 saturated heterocycles. The molecule has 3 heteroatoms. The molecule has 3 aromatic rings. The van der Waals surface area contributed by atoms with Gasteiger partial charge < -0.3 is 9.47 Å². The average Bonchev–Trinajstić information content (AvgIpc) is 2.64. The Hall–Kier alpha value is -2.55. The third-order valence-corrected chi connectivity index (χ3v) is 4.08. The second kappa shape index (κ2) is 7.82. The van der Waals surface area contributed by atoms with Gasteiger partial charge in [-0.25, -0.2) is 4.98 Å². The third-order valence-electron chi connectivity index (χ3n) is 4.08. The van der Waals surface area contributed by atoms with E-state index in [9.17, 15) is 0 Å². The first-order valence-electron chi connectivity index (χ1n) is 8.45. The molecule has 0 bridgehead atoms. The summed E-state index contributed by atoms with van der Waals surface area (Å²) in [6, 6.07) is 20.0. The Morgan fingerprint density at radius 3 is 2.54 bits per heavy atom. The Labute approximate surface area is 143 Å². The number of nitrogens with zero attached hydrogens (tertiary/aromatic N) is 1. The van der Waals surface area contributed by atoms with E-state index in [0.717, 1.165) is 41.1 Å². The summed E-state index contributed by atoms with van der Waals surface area (Å²) in [5.41, 5.74) is 1.91. The fraction of sp³-hybridized carbons (Fsp3) is 0.286. The van der Waals surface area contributed by atoms with Gasteiger partial charge in [-0.05, 0) is 30.2 Å². The lowest BCUT2D eigenvalue weighted by Gasteiger charge is -2.12. The topological polar surface area (TPSA) is 31.4 Å². The molecular formula is C21H23NO2. The van der Waals surface area contributed by atoms with Gasteiger partial charge in [-0.1, -0.05) is 50.6 Å². The van der Waals surface area contributed by atoms with Gasteiger partial charge in [-0.3, -0.25) is 0 Å². The van der Waals surface area contributed by atoms with Crippen molar-refractivity contribution in [2.24, 2.45) is 5.92 Å². The summed E-state index contributed by atoms with van der Waals surface area (Å²) in [4.78, 5) is 4.63. The van der Waals surface area contributed by atoms with E-state index in [2.05, 4.69) is 31.0 Å². The van der Waals surface area contributed by atoms with Crippen LogP contribution < -0.4 is 9.47 Å². The van der Waals surface area contributed by atoms with Crippen molar-refractivity contribution < 1.29 is 9.47 Å². The number of hydrogen-bond donors (Lipinski definition) is 0. The molecule has 3 rings (SSSR count). The molecule has 0 spiro atoms. The molecule has 1 heterocycles. The predicted molar refractivity (Wildman–Crippen MR) is 97.5 cm³/mol. The van der Waals surface area contributed by atoms with E-state index in [0.29, 0.717) is 12.5 Å². The summed E-state index contributed by atoms with van der Waals surface area (Å²) in [5, 5.41) is 1.14. The number of fused-ring (bicyclic) bond motifs is 1. The lowest BCUT2D eigenvalue weighted by molar-refractivity contribution is 0.253. The SMILES string of the molecule is CC[C@H](C)COc1cccc(OCc2ccc3ccccc3n2)c1. The van der Waals surface area contributed by atoms with Crippen molar-refractivity contribution in [2.45, 2.75) is 26.9 Å². The number of rotatable bonds is 7. The van der Waals surface area contributed by atoms with Crippen molar-refractivity contribution in [2.75, 3.05) is 6.61 Å². The fourth-order valence-electron chi connectivity index (χ4n) is 2.36. The highest BCUT2D eigenvalue weighted by atomic mass is 16.5. The first-order chi connectivity index (χ1) is 11.7. The van der Waals surface area contributed by atoms with Crippen molar-refractivity contribution in [3.8, 4) is 11.5 Å². The lowest BCUT2D eigenvalue weighted by Crippen LogP contribution is -2.07. The summed E-state index contributed by atoms with van der Waals surface area (Å²) in [5.74, 6) is 2.20. The maximum Gasteiger partial charge on any atom is 0.130 e. The van der Waals surface area contributed by atoms with Gasteiger partial charge in [0.1, 0.15) is 18.1 Å². The fourth-order valence-corrected chi connectivity index (χ4v) is 2.36. The molecule has 3 nitrogen and oxygen atoms in total. The van der Waals surface area contributed by atoms with Crippen LogP contribution in [0.5, 0.6) is 11.5 Å². The largest absolute Gasteiger partial charge is 0.493 e. The van der Waals surface area contributed by atoms with E-state index in [1.54, 1.807) is 0 Å². The minimum Gasteiger partial charge on any atom is -0.493 e. The quantitative estimate of drug-likeness (QED) is 0.596. The van der Waals surface area contributed by atoms with Crippen molar-refractivity contribution >= 4 is 10.9 Å². The maximum atomic E-state index is 5.87. The molecule has 0 aliphatic heterocycles. The van der Waals surface area contributed by atoms with Gasteiger partial charge >= 0.3 is 0 Å². The van der Waals surface area contributed by atoms with Crippen LogP contribution in [0, 0.1) is 5.92 Å². The zero-order valence-corrected chi connectivity index (χ0v) is 14.2. The number of para-hydroxylation sites is 1. The summed E-state index contributed by atoms with van der Waals surface area (Å²) in [7, 11) is 0. The molecule has 0 saturated carbocycles. The van der Waals surface area contributed by atoms with E-state index < -0.39 is 0 Å². The minimum atomic E-state index is 0.444. The van der Waals surface area contributed by atoms with Crippen LogP contribution >= 0.6 is 0 Å². The number of benzene rings is 2. The van der Waals surface area contributed by atoms with E-state index in [1.807, 2.05) is 48.5 Å². The summed E-state index contributed by atoms with van der Waals surface area (Å²) in [6.45, 7) is 5.53. The standard InChI is InChI=1S/C21H23NO2/c1-3-16(2)14-23-19-8-6-9-20(13-19)24-15-18-12-11-17-7-4-5-10-21(17)22-18/h4-13,16H,3,14-15H2,1-2H3/t16-/m0/s1. The second-order valence-corrected chi connectivity index (χ2v) is 6.08. The summed E-state index contributed by atoms with van der Waals surface area (Å²) >= 11 is 0. The van der Waals surface area contributed by atoms with Crippen LogP contribution in [-0.4, -0.2) is 11.6 Å². The molecule has 0 N–H and O–H groups in total. The van der Waals surface area contributed by atoms with Crippen LogP contribution in [0.4, 0.5) is 0 Å². The molecule has 0 aliphatic carbocycles. The van der Waals surface area contributed by atoms with Crippen molar-refractivity contribution in [3.63, 3.8) is 0 Å². The van der Waals surface area contributed by atoms with Crippen molar-refractivity contribution in [1.82, 2.24) is 4.98 Å². The Morgan fingerprint density at radius 1 is 0.917 bits per heavy atom. The molecule has 124 valence electrons. The minimum absolute atomic E-state index is 0.444. The van der Waals surface area contributed by atoms with Gasteiger partial charge in [0.2, 0.25) is 0 Å². The van der Waals surface area contributed by atoms with Gasteiger partial charge in [-0.2, -0.15) is 0 Å². The second-order valence-electron chi connectivity index (χ2n) is 6.08. The molecule has 0 unspecified atom stereocenters. The Kier molecular flexibility index (Phi) is 5.32. The predicted octanol–water partition coefficient (Wildman–Crippen LogP) is 5.24. The van der Waals surface area contributed by atoms with Gasteiger partial charge in [0.25, 0.3) is 0 Å². The highest BCUT2D eigenvalue weighted by molar-refractivity contribution is 5.78. The van der Waals surface area contributed by atoms with Gasteiger partial charge in [-0.15, -0.1) is 0 Å². The number of aromatic nitrogens is 1. The zero-order chi connectivity index (χ0) is 16.8. The van der Waals surface area contributed by atoms with Gasteiger partial charge in [0.05, 0.1) is 17.8 Å².